The Bertz CT molecular complexity index is 2710. The second kappa shape index (κ2) is 11.4. The molecule has 0 saturated heterocycles. The lowest BCUT2D eigenvalue weighted by atomic mass is 9.83. The van der Waals surface area contributed by atoms with Crippen molar-refractivity contribution in [3.8, 4) is 0 Å². The first-order chi connectivity index (χ1) is 24.6. The molecule has 0 amide bonds. The molecule has 0 spiro atoms. The number of hydrogen-bond donors (Lipinski definition) is 1. The average Bonchev–Trinajstić information content (AvgIpc) is 3.51. The van der Waals surface area contributed by atoms with Gasteiger partial charge in [-0.1, -0.05) is 145 Å². The van der Waals surface area contributed by atoms with Crippen LogP contribution in [0.3, 0.4) is 0 Å². The van der Waals surface area contributed by atoms with Crippen LogP contribution in [0, 0.1) is 0 Å². The second-order valence-electron chi connectivity index (χ2n) is 15.9. The molecule has 3 nitrogen and oxygen atoms in total. The summed E-state index contributed by atoms with van der Waals surface area (Å²) in [6, 6.07) is 50.6. The van der Waals surface area contributed by atoms with Crippen molar-refractivity contribution in [2.75, 3.05) is 10.2 Å². The number of fused-ring (bicyclic) bond motifs is 3. The van der Waals surface area contributed by atoms with E-state index in [1.54, 1.807) is 0 Å². The van der Waals surface area contributed by atoms with Crippen LogP contribution in [0.4, 0.5) is 28.4 Å². The second-order valence-corrected chi connectivity index (χ2v) is 15.9. The zero-order valence-corrected chi connectivity index (χ0v) is 30.1. The molecule has 0 saturated carbocycles. The van der Waals surface area contributed by atoms with Crippen molar-refractivity contribution in [1.29, 1.82) is 0 Å². The topological polar surface area (TPSA) is 28.4 Å². The number of hydrogen-bond acceptors (Lipinski definition) is 3. The van der Waals surface area contributed by atoms with Gasteiger partial charge in [0.15, 0.2) is 5.58 Å². The normalized spacial score (nSPS) is 12.5. The Labute approximate surface area is 299 Å². The van der Waals surface area contributed by atoms with E-state index in [0.717, 1.165) is 50.4 Å². The van der Waals surface area contributed by atoms with Gasteiger partial charge in [-0.15, -0.1) is 0 Å². The molecule has 0 aliphatic rings. The lowest BCUT2D eigenvalue weighted by Gasteiger charge is -2.29. The van der Waals surface area contributed by atoms with Gasteiger partial charge < -0.3 is 14.6 Å². The van der Waals surface area contributed by atoms with Crippen LogP contribution >= 0.6 is 0 Å². The number of anilines is 5. The number of nitrogens with zero attached hydrogens (tertiary/aromatic N) is 1. The fourth-order valence-corrected chi connectivity index (χ4v) is 7.85. The third kappa shape index (κ3) is 5.10. The molecule has 0 atom stereocenters. The maximum atomic E-state index is 7.00. The van der Waals surface area contributed by atoms with E-state index in [2.05, 4.69) is 191 Å². The number of benzene rings is 8. The number of rotatable bonds is 5. The van der Waals surface area contributed by atoms with E-state index in [4.69, 9.17) is 4.42 Å². The van der Waals surface area contributed by atoms with Crippen molar-refractivity contribution < 1.29 is 4.42 Å². The molecular weight excluding hydrogens is 621 g/mol. The van der Waals surface area contributed by atoms with Crippen LogP contribution < -0.4 is 10.2 Å². The van der Waals surface area contributed by atoms with Gasteiger partial charge in [0, 0.05) is 49.6 Å². The van der Waals surface area contributed by atoms with E-state index in [0.29, 0.717) is 0 Å². The Hall–Kier alpha value is -5.80. The van der Waals surface area contributed by atoms with Gasteiger partial charge in [0.2, 0.25) is 0 Å². The molecule has 1 aromatic heterocycles. The molecule has 3 heteroatoms. The van der Waals surface area contributed by atoms with Gasteiger partial charge in [-0.05, 0) is 69.0 Å². The minimum absolute atomic E-state index is 0.0395. The van der Waals surface area contributed by atoms with Gasteiger partial charge in [0.25, 0.3) is 0 Å². The highest BCUT2D eigenvalue weighted by atomic mass is 16.3. The summed E-state index contributed by atoms with van der Waals surface area (Å²) < 4.78 is 7.00. The third-order valence-electron chi connectivity index (χ3n) is 10.4. The Morgan fingerprint density at radius 3 is 1.78 bits per heavy atom. The van der Waals surface area contributed by atoms with Crippen LogP contribution in [0.2, 0.25) is 0 Å². The van der Waals surface area contributed by atoms with E-state index < -0.39 is 0 Å². The summed E-state index contributed by atoms with van der Waals surface area (Å²) in [4.78, 5) is 2.39. The lowest BCUT2D eigenvalue weighted by molar-refractivity contribution is 0.573. The SMILES string of the molecule is CC(C)(C)c1cc2ccc3c(Nc4ccccc4)cc(N(c4ccccc4)c4cccc5c4oc4c(C(C)(C)C)cccc45)c4ccc(c1)c2c34. The van der Waals surface area contributed by atoms with E-state index in [9.17, 15) is 0 Å². The molecule has 0 fully saturated rings. The van der Waals surface area contributed by atoms with Crippen LogP contribution in [0.1, 0.15) is 52.7 Å². The molecule has 9 rings (SSSR count). The number of nitrogens with one attached hydrogen (secondary N) is 1. The van der Waals surface area contributed by atoms with Gasteiger partial charge in [-0.25, -0.2) is 0 Å². The van der Waals surface area contributed by atoms with Crippen molar-refractivity contribution in [1.82, 2.24) is 0 Å². The average molecular weight is 663 g/mol. The Morgan fingerprint density at radius 1 is 0.490 bits per heavy atom. The summed E-state index contributed by atoms with van der Waals surface area (Å²) in [5.41, 5.74) is 9.63. The highest BCUT2D eigenvalue weighted by Gasteiger charge is 2.26. The summed E-state index contributed by atoms with van der Waals surface area (Å²) in [6.45, 7) is 13.6. The maximum absolute atomic E-state index is 7.00. The lowest BCUT2D eigenvalue weighted by Crippen LogP contribution is -2.12. The first kappa shape index (κ1) is 31.2. The Kier molecular flexibility index (Phi) is 6.95. The fraction of sp³-hybridized carbons (Fsp3) is 0.167. The van der Waals surface area contributed by atoms with Crippen molar-refractivity contribution >= 4 is 82.7 Å². The quantitative estimate of drug-likeness (QED) is 0.186. The molecular formula is C48H42N2O. The van der Waals surface area contributed by atoms with E-state index >= 15 is 0 Å². The van der Waals surface area contributed by atoms with E-state index in [-0.39, 0.29) is 10.8 Å². The molecule has 8 aromatic carbocycles. The Balaban J connectivity index is 1.40. The van der Waals surface area contributed by atoms with Crippen molar-refractivity contribution in [2.24, 2.45) is 0 Å². The van der Waals surface area contributed by atoms with Crippen LogP contribution in [0.5, 0.6) is 0 Å². The van der Waals surface area contributed by atoms with Crippen LogP contribution in [0.15, 0.2) is 144 Å². The standard InChI is InChI=1S/C48H42N2O/c1-47(2,3)32-27-30-23-25-37-40(49-33-15-9-7-10-16-33)29-42(38-26-24-31(28-32)43(30)44(37)38)50(34-17-11-8-12-18-34)41-22-14-20-36-35-19-13-21-39(48(4,5)6)45(35)51-46(36)41/h7-29,49H,1-6H3. The molecule has 0 bridgehead atoms. The minimum atomic E-state index is -0.0659. The predicted octanol–water partition coefficient (Wildman–Crippen LogP) is 14.3. The van der Waals surface area contributed by atoms with Gasteiger partial charge >= 0.3 is 0 Å². The van der Waals surface area contributed by atoms with Crippen LogP contribution in [-0.4, -0.2) is 0 Å². The van der Waals surface area contributed by atoms with Gasteiger partial charge in [0.1, 0.15) is 5.58 Å². The highest BCUT2D eigenvalue weighted by molar-refractivity contribution is 6.29. The van der Waals surface area contributed by atoms with Crippen molar-refractivity contribution in [3.63, 3.8) is 0 Å². The molecule has 1 N–H and O–H groups in total. The Morgan fingerprint density at radius 2 is 1.12 bits per heavy atom. The summed E-state index contributed by atoms with van der Waals surface area (Å²) >= 11 is 0. The molecule has 0 unspecified atom stereocenters. The first-order valence-corrected chi connectivity index (χ1v) is 17.9. The molecule has 0 aliphatic heterocycles. The predicted molar refractivity (Wildman–Crippen MR) is 219 cm³/mol. The van der Waals surface area contributed by atoms with Gasteiger partial charge in [-0.3, -0.25) is 0 Å². The smallest absolute Gasteiger partial charge is 0.159 e. The largest absolute Gasteiger partial charge is 0.454 e. The summed E-state index contributed by atoms with van der Waals surface area (Å²) in [5.74, 6) is 0. The van der Waals surface area contributed by atoms with E-state index in [1.807, 2.05) is 0 Å². The van der Waals surface area contributed by atoms with E-state index in [1.165, 1.54) is 43.4 Å². The van der Waals surface area contributed by atoms with Gasteiger partial charge in [-0.2, -0.15) is 0 Å². The monoisotopic (exact) mass is 662 g/mol. The van der Waals surface area contributed by atoms with Gasteiger partial charge in [0.05, 0.1) is 11.4 Å². The highest BCUT2D eigenvalue weighted by Crippen LogP contribution is 2.50. The maximum Gasteiger partial charge on any atom is 0.159 e. The summed E-state index contributed by atoms with van der Waals surface area (Å²) in [7, 11) is 0. The molecule has 250 valence electrons. The molecule has 1 heterocycles. The van der Waals surface area contributed by atoms with Crippen molar-refractivity contribution in [2.45, 2.75) is 52.4 Å². The molecule has 0 aliphatic carbocycles. The molecule has 9 aromatic rings. The number of para-hydroxylation sites is 4. The zero-order chi connectivity index (χ0) is 35.1. The van der Waals surface area contributed by atoms with Crippen molar-refractivity contribution in [3.05, 3.63) is 151 Å². The summed E-state index contributed by atoms with van der Waals surface area (Å²) in [6.07, 6.45) is 0. The van der Waals surface area contributed by atoms with Crippen LogP contribution in [0.25, 0.3) is 54.3 Å². The summed E-state index contributed by atoms with van der Waals surface area (Å²) in [5, 5.41) is 13.5. The first-order valence-electron chi connectivity index (χ1n) is 17.9. The molecule has 51 heavy (non-hydrogen) atoms. The zero-order valence-electron chi connectivity index (χ0n) is 30.1. The fourth-order valence-electron chi connectivity index (χ4n) is 7.85. The third-order valence-corrected chi connectivity index (χ3v) is 10.4. The number of furan rings is 1. The minimum Gasteiger partial charge on any atom is -0.454 e. The molecule has 0 radical (unpaired) electrons. The van der Waals surface area contributed by atoms with Crippen LogP contribution in [-0.2, 0) is 10.8 Å².